The van der Waals surface area contributed by atoms with E-state index in [1.165, 1.54) is 0 Å². The lowest BCUT2D eigenvalue weighted by atomic mass is 9.82. The molecule has 1 fully saturated rings. The lowest BCUT2D eigenvalue weighted by Gasteiger charge is -2.31. The fourth-order valence-electron chi connectivity index (χ4n) is 3.30. The predicted octanol–water partition coefficient (Wildman–Crippen LogP) is 2.86. The Hall–Kier alpha value is -1.22. The number of ether oxygens (including phenoxy) is 2. The molecule has 1 heterocycles. The minimum atomic E-state index is -0.676. The maximum atomic E-state index is 10.9. The Bertz CT molecular complexity index is 443. The summed E-state index contributed by atoms with van der Waals surface area (Å²) in [6.45, 7) is 3.35. The van der Waals surface area contributed by atoms with Crippen LogP contribution >= 0.6 is 0 Å². The lowest BCUT2D eigenvalue weighted by Crippen LogP contribution is -2.30. The van der Waals surface area contributed by atoms with Gasteiger partial charge in [0.25, 0.3) is 0 Å². The highest BCUT2D eigenvalue weighted by molar-refractivity contribution is 5.45. The van der Waals surface area contributed by atoms with Gasteiger partial charge in [0.15, 0.2) is 11.5 Å². The van der Waals surface area contributed by atoms with Crippen molar-refractivity contribution in [3.8, 4) is 11.5 Å². The van der Waals surface area contributed by atoms with Gasteiger partial charge in [0.1, 0.15) is 13.2 Å². The first kappa shape index (κ1) is 11.8. The SMILES string of the molecule is CCC1CCCC1(O)c1ccc2c(c1)OCCO2. The Morgan fingerprint density at radius 1 is 1.28 bits per heavy atom. The van der Waals surface area contributed by atoms with Crippen LogP contribution in [0.15, 0.2) is 18.2 Å². The van der Waals surface area contributed by atoms with Gasteiger partial charge < -0.3 is 14.6 Å². The average molecular weight is 248 g/mol. The molecule has 1 N–H and O–H groups in total. The zero-order valence-corrected chi connectivity index (χ0v) is 10.8. The highest BCUT2D eigenvalue weighted by atomic mass is 16.6. The van der Waals surface area contributed by atoms with E-state index in [-0.39, 0.29) is 0 Å². The molecule has 3 rings (SSSR count). The van der Waals surface area contributed by atoms with Crippen molar-refractivity contribution in [3.63, 3.8) is 0 Å². The van der Waals surface area contributed by atoms with Crippen LogP contribution in [0.25, 0.3) is 0 Å². The molecule has 2 atom stereocenters. The smallest absolute Gasteiger partial charge is 0.161 e. The topological polar surface area (TPSA) is 38.7 Å². The number of hydrogen-bond donors (Lipinski definition) is 1. The average Bonchev–Trinajstić information content (AvgIpc) is 2.80. The van der Waals surface area contributed by atoms with E-state index in [1.54, 1.807) is 0 Å². The van der Waals surface area contributed by atoms with E-state index >= 15 is 0 Å². The van der Waals surface area contributed by atoms with Crippen LogP contribution in [0, 0.1) is 5.92 Å². The van der Waals surface area contributed by atoms with Crippen molar-refractivity contribution in [2.75, 3.05) is 13.2 Å². The molecule has 3 nitrogen and oxygen atoms in total. The molecular formula is C15H20O3. The third-order valence-corrected chi connectivity index (χ3v) is 4.32. The number of fused-ring (bicyclic) bond motifs is 1. The Morgan fingerprint density at radius 3 is 2.83 bits per heavy atom. The van der Waals surface area contributed by atoms with Gasteiger partial charge in [0.05, 0.1) is 5.60 Å². The van der Waals surface area contributed by atoms with Crippen molar-refractivity contribution < 1.29 is 14.6 Å². The summed E-state index contributed by atoms with van der Waals surface area (Å²) in [5, 5.41) is 10.9. The molecule has 0 radical (unpaired) electrons. The van der Waals surface area contributed by atoms with Crippen molar-refractivity contribution in [1.29, 1.82) is 0 Å². The first-order valence-corrected chi connectivity index (χ1v) is 6.86. The summed E-state index contributed by atoms with van der Waals surface area (Å²) in [6, 6.07) is 5.87. The standard InChI is InChI=1S/C15H20O3/c1-2-11-4-3-7-15(11,16)12-5-6-13-14(10-12)18-9-8-17-13/h5-6,10-11,16H,2-4,7-9H2,1H3. The lowest BCUT2D eigenvalue weighted by molar-refractivity contribution is -0.00427. The molecule has 0 bridgehead atoms. The van der Waals surface area contributed by atoms with Gasteiger partial charge in [-0.2, -0.15) is 0 Å². The van der Waals surface area contributed by atoms with E-state index in [2.05, 4.69) is 6.92 Å². The quantitative estimate of drug-likeness (QED) is 0.874. The normalized spacial score (nSPS) is 30.4. The Morgan fingerprint density at radius 2 is 2.06 bits per heavy atom. The van der Waals surface area contributed by atoms with Crippen molar-refractivity contribution in [1.82, 2.24) is 0 Å². The molecule has 0 saturated heterocycles. The van der Waals surface area contributed by atoms with Gasteiger partial charge in [-0.1, -0.05) is 19.4 Å². The van der Waals surface area contributed by atoms with E-state index in [4.69, 9.17) is 9.47 Å². The van der Waals surface area contributed by atoms with Crippen molar-refractivity contribution in [3.05, 3.63) is 23.8 Å². The summed E-state index contributed by atoms with van der Waals surface area (Å²) in [7, 11) is 0. The molecule has 0 spiro atoms. The van der Waals surface area contributed by atoms with Crippen molar-refractivity contribution in [2.24, 2.45) is 5.92 Å². The summed E-state index contributed by atoms with van der Waals surface area (Å²) < 4.78 is 11.1. The first-order valence-electron chi connectivity index (χ1n) is 6.86. The molecule has 3 heteroatoms. The molecule has 1 saturated carbocycles. The van der Waals surface area contributed by atoms with Gasteiger partial charge in [-0.25, -0.2) is 0 Å². The molecule has 0 aromatic heterocycles. The minimum Gasteiger partial charge on any atom is -0.486 e. The third-order valence-electron chi connectivity index (χ3n) is 4.32. The third kappa shape index (κ3) is 1.77. The van der Waals surface area contributed by atoms with Crippen LogP contribution in [-0.4, -0.2) is 18.3 Å². The second kappa shape index (κ2) is 4.47. The van der Waals surface area contributed by atoms with Gasteiger partial charge in [0.2, 0.25) is 0 Å². The molecule has 2 aliphatic rings. The molecule has 98 valence electrons. The maximum absolute atomic E-state index is 10.9. The van der Waals surface area contributed by atoms with E-state index in [9.17, 15) is 5.11 Å². The zero-order chi connectivity index (χ0) is 12.6. The fraction of sp³-hybridized carbons (Fsp3) is 0.600. The van der Waals surface area contributed by atoms with Gasteiger partial charge in [0, 0.05) is 0 Å². The second-order valence-corrected chi connectivity index (χ2v) is 5.28. The van der Waals surface area contributed by atoms with Crippen LogP contribution in [0.3, 0.4) is 0 Å². The second-order valence-electron chi connectivity index (χ2n) is 5.28. The number of benzene rings is 1. The number of rotatable bonds is 2. The van der Waals surface area contributed by atoms with Gasteiger partial charge in [-0.05, 0) is 42.9 Å². The fourth-order valence-corrected chi connectivity index (χ4v) is 3.30. The van der Waals surface area contributed by atoms with Crippen LogP contribution in [0.2, 0.25) is 0 Å². The molecule has 18 heavy (non-hydrogen) atoms. The van der Waals surface area contributed by atoms with Crippen molar-refractivity contribution >= 4 is 0 Å². The summed E-state index contributed by atoms with van der Waals surface area (Å²) in [5.41, 5.74) is 0.306. The first-order chi connectivity index (χ1) is 8.74. The minimum absolute atomic E-state index is 0.361. The summed E-state index contributed by atoms with van der Waals surface area (Å²) in [5.74, 6) is 1.92. The molecular weight excluding hydrogens is 228 g/mol. The summed E-state index contributed by atoms with van der Waals surface area (Å²) in [4.78, 5) is 0. The van der Waals surface area contributed by atoms with Gasteiger partial charge >= 0.3 is 0 Å². The van der Waals surface area contributed by atoms with E-state index in [1.807, 2.05) is 18.2 Å². The van der Waals surface area contributed by atoms with Crippen LogP contribution < -0.4 is 9.47 Å². The van der Waals surface area contributed by atoms with Gasteiger partial charge in [-0.15, -0.1) is 0 Å². The van der Waals surface area contributed by atoms with E-state index < -0.39 is 5.60 Å². The highest BCUT2D eigenvalue weighted by Crippen LogP contribution is 2.47. The van der Waals surface area contributed by atoms with Crippen LogP contribution in [-0.2, 0) is 5.60 Å². The van der Waals surface area contributed by atoms with Crippen LogP contribution in [0.1, 0.15) is 38.2 Å². The molecule has 0 amide bonds. The molecule has 1 aliphatic heterocycles. The maximum Gasteiger partial charge on any atom is 0.161 e. The number of aliphatic hydroxyl groups is 1. The van der Waals surface area contributed by atoms with E-state index in [0.717, 1.165) is 42.7 Å². The van der Waals surface area contributed by atoms with Gasteiger partial charge in [-0.3, -0.25) is 0 Å². The van der Waals surface area contributed by atoms with Crippen LogP contribution in [0.5, 0.6) is 11.5 Å². The molecule has 1 aromatic carbocycles. The molecule has 1 aliphatic carbocycles. The Balaban J connectivity index is 1.96. The van der Waals surface area contributed by atoms with Crippen molar-refractivity contribution in [2.45, 2.75) is 38.2 Å². The predicted molar refractivity (Wildman–Crippen MR) is 69.0 cm³/mol. The summed E-state index contributed by atoms with van der Waals surface area (Å²) >= 11 is 0. The van der Waals surface area contributed by atoms with E-state index in [0.29, 0.717) is 19.1 Å². The monoisotopic (exact) mass is 248 g/mol. The molecule has 2 unspecified atom stereocenters. The van der Waals surface area contributed by atoms with Crippen LogP contribution in [0.4, 0.5) is 0 Å². The largest absolute Gasteiger partial charge is 0.486 e. The number of hydrogen-bond acceptors (Lipinski definition) is 3. The molecule has 1 aromatic rings. The Kier molecular flexibility index (Phi) is 2.94. The zero-order valence-electron chi connectivity index (χ0n) is 10.8. The summed E-state index contributed by atoms with van der Waals surface area (Å²) in [6.07, 6.45) is 4.08. The highest BCUT2D eigenvalue weighted by Gasteiger charge is 2.41. The Labute approximate surface area is 108 Å².